The maximum atomic E-state index is 4.48. The summed E-state index contributed by atoms with van der Waals surface area (Å²) in [4.78, 5) is 5.21. The van der Waals surface area contributed by atoms with Crippen LogP contribution in [0, 0.1) is 5.92 Å². The molecule has 0 atom stereocenters. The van der Waals surface area contributed by atoms with E-state index in [1.54, 1.807) is 0 Å². The van der Waals surface area contributed by atoms with Crippen molar-refractivity contribution < 1.29 is 0 Å². The molecule has 1 aromatic heterocycles. The average molecular weight is 395 g/mol. The molecule has 1 aromatic carbocycles. The Kier molecular flexibility index (Phi) is 7.04. The Morgan fingerprint density at radius 1 is 0.828 bits per heavy atom. The average Bonchev–Trinajstić information content (AvgIpc) is 3.21. The highest BCUT2D eigenvalue weighted by atomic mass is 15.3. The SMILES string of the molecule is CC(C)n1cc(CN2CCC(Cc3ccc(CN4CCCCC4)cc3)CC2)cn1. The molecule has 2 aromatic rings. The molecule has 0 radical (unpaired) electrons. The van der Waals surface area contributed by atoms with Crippen LogP contribution in [0.3, 0.4) is 0 Å². The van der Waals surface area contributed by atoms with Gasteiger partial charge in [-0.15, -0.1) is 0 Å². The predicted octanol–water partition coefficient (Wildman–Crippen LogP) is 4.90. The topological polar surface area (TPSA) is 24.3 Å². The van der Waals surface area contributed by atoms with Gasteiger partial charge in [0.15, 0.2) is 0 Å². The second kappa shape index (κ2) is 9.90. The Hall–Kier alpha value is -1.65. The van der Waals surface area contributed by atoms with Crippen molar-refractivity contribution in [3.63, 3.8) is 0 Å². The van der Waals surface area contributed by atoms with E-state index in [2.05, 4.69) is 63.9 Å². The summed E-state index contributed by atoms with van der Waals surface area (Å²) in [7, 11) is 0. The molecule has 4 heteroatoms. The fourth-order valence-corrected chi connectivity index (χ4v) is 4.84. The van der Waals surface area contributed by atoms with Crippen molar-refractivity contribution in [3.8, 4) is 0 Å². The molecule has 4 rings (SSSR count). The van der Waals surface area contributed by atoms with E-state index in [1.807, 2.05) is 6.20 Å². The van der Waals surface area contributed by atoms with Crippen LogP contribution in [0.15, 0.2) is 36.7 Å². The van der Waals surface area contributed by atoms with Gasteiger partial charge in [0, 0.05) is 30.9 Å². The number of rotatable bonds is 7. The summed E-state index contributed by atoms with van der Waals surface area (Å²) < 4.78 is 2.07. The highest BCUT2D eigenvalue weighted by Crippen LogP contribution is 2.23. The second-order valence-electron chi connectivity index (χ2n) is 9.50. The largest absolute Gasteiger partial charge is 0.299 e. The van der Waals surface area contributed by atoms with Gasteiger partial charge in [0.05, 0.1) is 6.20 Å². The lowest BCUT2D eigenvalue weighted by Gasteiger charge is -2.31. The smallest absolute Gasteiger partial charge is 0.0534 e. The first-order chi connectivity index (χ1) is 14.2. The van der Waals surface area contributed by atoms with Crippen molar-refractivity contribution >= 4 is 0 Å². The third-order valence-corrected chi connectivity index (χ3v) is 6.70. The van der Waals surface area contributed by atoms with Gasteiger partial charge < -0.3 is 0 Å². The Morgan fingerprint density at radius 2 is 1.45 bits per heavy atom. The van der Waals surface area contributed by atoms with Gasteiger partial charge in [-0.25, -0.2) is 0 Å². The maximum absolute atomic E-state index is 4.48. The molecule has 29 heavy (non-hydrogen) atoms. The quantitative estimate of drug-likeness (QED) is 0.667. The number of hydrogen-bond acceptors (Lipinski definition) is 3. The molecule has 2 fully saturated rings. The molecular weight excluding hydrogens is 356 g/mol. The summed E-state index contributed by atoms with van der Waals surface area (Å²) >= 11 is 0. The number of benzene rings is 1. The Labute approximate surface area is 176 Å². The molecule has 0 saturated carbocycles. The Bertz CT molecular complexity index is 734. The molecular formula is C25H38N4. The molecule has 0 N–H and O–H groups in total. The molecule has 2 aliphatic rings. The number of piperidine rings is 2. The van der Waals surface area contributed by atoms with E-state index in [-0.39, 0.29) is 0 Å². The molecule has 0 unspecified atom stereocenters. The van der Waals surface area contributed by atoms with Crippen LogP contribution in [0.2, 0.25) is 0 Å². The summed E-state index contributed by atoms with van der Waals surface area (Å²) in [6, 6.07) is 9.94. The highest BCUT2D eigenvalue weighted by Gasteiger charge is 2.20. The van der Waals surface area contributed by atoms with Crippen LogP contribution in [-0.4, -0.2) is 45.8 Å². The van der Waals surface area contributed by atoms with Crippen LogP contribution in [-0.2, 0) is 19.5 Å². The normalized spacial score (nSPS) is 19.8. The van der Waals surface area contributed by atoms with Crippen molar-refractivity contribution in [1.29, 1.82) is 0 Å². The van der Waals surface area contributed by atoms with E-state index in [0.29, 0.717) is 6.04 Å². The van der Waals surface area contributed by atoms with Crippen LogP contribution in [0.1, 0.15) is 68.7 Å². The van der Waals surface area contributed by atoms with Crippen molar-refractivity contribution in [2.24, 2.45) is 5.92 Å². The molecule has 0 bridgehead atoms. The van der Waals surface area contributed by atoms with E-state index in [9.17, 15) is 0 Å². The summed E-state index contributed by atoms with van der Waals surface area (Å²) in [6.45, 7) is 11.5. The van der Waals surface area contributed by atoms with Gasteiger partial charge in [0.2, 0.25) is 0 Å². The number of hydrogen-bond donors (Lipinski definition) is 0. The summed E-state index contributed by atoms with van der Waals surface area (Å²) in [6.07, 6.45) is 12.3. The van der Waals surface area contributed by atoms with Crippen LogP contribution in [0.25, 0.3) is 0 Å². The predicted molar refractivity (Wildman–Crippen MR) is 120 cm³/mol. The molecule has 0 amide bonds. The summed E-state index contributed by atoms with van der Waals surface area (Å²) in [5, 5.41) is 4.48. The number of aromatic nitrogens is 2. The zero-order valence-corrected chi connectivity index (χ0v) is 18.4. The van der Waals surface area contributed by atoms with Gasteiger partial charge in [0.25, 0.3) is 0 Å². The van der Waals surface area contributed by atoms with Crippen molar-refractivity contribution in [1.82, 2.24) is 19.6 Å². The number of nitrogens with zero attached hydrogens (tertiary/aromatic N) is 4. The third kappa shape index (κ3) is 5.93. The minimum absolute atomic E-state index is 0.445. The first kappa shape index (κ1) is 20.6. The lowest BCUT2D eigenvalue weighted by Crippen LogP contribution is -2.33. The van der Waals surface area contributed by atoms with E-state index in [1.165, 1.54) is 81.4 Å². The zero-order chi connectivity index (χ0) is 20.1. The summed E-state index contributed by atoms with van der Waals surface area (Å²) in [5.74, 6) is 0.831. The van der Waals surface area contributed by atoms with E-state index in [0.717, 1.165) is 19.0 Å². The lowest BCUT2D eigenvalue weighted by atomic mass is 9.90. The fourth-order valence-electron chi connectivity index (χ4n) is 4.84. The Morgan fingerprint density at radius 3 is 2.10 bits per heavy atom. The first-order valence-corrected chi connectivity index (χ1v) is 11.7. The van der Waals surface area contributed by atoms with E-state index < -0.39 is 0 Å². The van der Waals surface area contributed by atoms with Gasteiger partial charge in [-0.2, -0.15) is 5.10 Å². The summed E-state index contributed by atoms with van der Waals surface area (Å²) in [5.41, 5.74) is 4.35. The highest BCUT2D eigenvalue weighted by molar-refractivity contribution is 5.23. The molecule has 3 heterocycles. The van der Waals surface area contributed by atoms with Gasteiger partial charge in [-0.3, -0.25) is 14.5 Å². The van der Waals surface area contributed by atoms with Gasteiger partial charge >= 0.3 is 0 Å². The fraction of sp³-hybridized carbons (Fsp3) is 0.640. The first-order valence-electron chi connectivity index (χ1n) is 11.7. The number of likely N-dealkylation sites (tertiary alicyclic amines) is 2. The Balaban J connectivity index is 1.21. The van der Waals surface area contributed by atoms with E-state index >= 15 is 0 Å². The minimum Gasteiger partial charge on any atom is -0.299 e. The molecule has 4 nitrogen and oxygen atoms in total. The molecule has 2 saturated heterocycles. The van der Waals surface area contributed by atoms with Crippen molar-refractivity contribution in [3.05, 3.63) is 53.3 Å². The van der Waals surface area contributed by atoms with Gasteiger partial charge in [-0.1, -0.05) is 30.7 Å². The molecule has 0 spiro atoms. The van der Waals surface area contributed by atoms with Crippen molar-refractivity contribution in [2.75, 3.05) is 26.2 Å². The van der Waals surface area contributed by atoms with Crippen LogP contribution in [0.4, 0.5) is 0 Å². The zero-order valence-electron chi connectivity index (χ0n) is 18.4. The van der Waals surface area contributed by atoms with Crippen LogP contribution >= 0.6 is 0 Å². The second-order valence-corrected chi connectivity index (χ2v) is 9.50. The lowest BCUT2D eigenvalue weighted by molar-refractivity contribution is 0.177. The molecule has 0 aliphatic carbocycles. The van der Waals surface area contributed by atoms with Gasteiger partial charge in [0.1, 0.15) is 0 Å². The van der Waals surface area contributed by atoms with E-state index in [4.69, 9.17) is 0 Å². The van der Waals surface area contributed by atoms with Crippen molar-refractivity contribution in [2.45, 2.75) is 71.5 Å². The van der Waals surface area contributed by atoms with Gasteiger partial charge in [-0.05, 0) is 89.2 Å². The monoisotopic (exact) mass is 394 g/mol. The molecule has 2 aliphatic heterocycles. The maximum Gasteiger partial charge on any atom is 0.0534 e. The standard InChI is InChI=1S/C25H38N4/c1-21(2)29-20-25(17-26-29)19-28-14-10-23(11-15-28)16-22-6-8-24(9-7-22)18-27-12-4-3-5-13-27/h6-9,17,20-21,23H,3-5,10-16,18-19H2,1-2H3. The minimum atomic E-state index is 0.445. The van der Waals surface area contributed by atoms with Crippen LogP contribution < -0.4 is 0 Å². The third-order valence-electron chi connectivity index (χ3n) is 6.70. The molecule has 158 valence electrons. The van der Waals surface area contributed by atoms with Crippen LogP contribution in [0.5, 0.6) is 0 Å².